The van der Waals surface area contributed by atoms with Gasteiger partial charge < -0.3 is 60.2 Å². The summed E-state index contributed by atoms with van der Waals surface area (Å²) in [5, 5.41) is 31.1. The number of rotatable bonds is 25. The van der Waals surface area contributed by atoms with E-state index < -0.39 is 86.7 Å². The maximum Gasteiger partial charge on any atom is 0.407 e. The molecule has 2 fully saturated rings. The lowest BCUT2D eigenvalue weighted by molar-refractivity contribution is -0.145. The Labute approximate surface area is 535 Å². The van der Waals surface area contributed by atoms with Crippen LogP contribution in [0.5, 0.6) is 17.2 Å². The summed E-state index contributed by atoms with van der Waals surface area (Å²) in [6, 6.07) is 28.4. The summed E-state index contributed by atoms with van der Waals surface area (Å²) >= 11 is 0. The molecule has 2 aliphatic carbocycles. The summed E-state index contributed by atoms with van der Waals surface area (Å²) in [5.41, 5.74) is 7.75. The number of nitrogens with zero attached hydrogens (tertiary/aromatic N) is 4. The van der Waals surface area contributed by atoms with E-state index in [1.165, 1.54) is 63.8 Å². The Kier molecular flexibility index (Phi) is 23.2. The molecule has 3 amide bonds. The smallest absolute Gasteiger partial charge is 0.407 e. The van der Waals surface area contributed by atoms with Gasteiger partial charge in [0.25, 0.3) is 26.0 Å². The van der Waals surface area contributed by atoms with Gasteiger partial charge in [-0.25, -0.2) is 36.4 Å². The molecule has 26 nitrogen and oxygen atoms in total. The van der Waals surface area contributed by atoms with E-state index in [2.05, 4.69) is 35.9 Å². The molecule has 9 N–H and O–H groups in total. The van der Waals surface area contributed by atoms with Crippen LogP contribution in [0.25, 0.3) is 22.1 Å². The molecule has 2 aliphatic rings. The average molecular weight is 1310 g/mol. The van der Waals surface area contributed by atoms with Crippen molar-refractivity contribution >= 4 is 72.1 Å². The van der Waals surface area contributed by atoms with Gasteiger partial charge in [-0.05, 0) is 140 Å². The SMILES string of the molecule is CC(C)(C)OC(=O)NC(Cc1ccccc1)C(O)CN(OC1CCCC1)S(=O)(=O)c1ccc2[nH]c(N)nc2c1.COc1cc(C(=O)Nc2nc3cc(S(=O)(=O)N(C[C@@H](O)[C@H](Cc4ccccc4)NC(=O)OC(C)(C)C)OC4CCCC4)ccc3[nH]2)cc(OC)c1OC. The number of fused-ring (bicyclic) bond motifs is 2. The van der Waals surface area contributed by atoms with Crippen LogP contribution in [-0.2, 0) is 52.0 Å². The molecule has 4 atom stereocenters. The number of carbonyl (C=O) groups is 3. The number of aromatic nitrogens is 4. The number of amides is 3. The summed E-state index contributed by atoms with van der Waals surface area (Å²) in [4.78, 5) is 65.0. The number of sulfonamides is 2. The summed E-state index contributed by atoms with van der Waals surface area (Å²) in [5.74, 6) is 0.613. The van der Waals surface area contributed by atoms with Crippen LogP contribution in [-0.4, -0.2) is 156 Å². The Bertz CT molecular complexity index is 3820. The third-order valence-corrected chi connectivity index (χ3v) is 18.2. The molecule has 2 heterocycles. The van der Waals surface area contributed by atoms with Crippen molar-refractivity contribution < 1.29 is 74.8 Å². The number of nitrogens with one attached hydrogen (secondary N) is 5. The molecule has 9 rings (SSSR count). The molecule has 0 aliphatic heterocycles. The maximum absolute atomic E-state index is 14.3. The van der Waals surface area contributed by atoms with Gasteiger partial charge in [-0.2, -0.15) is 0 Å². The lowest BCUT2D eigenvalue weighted by Gasteiger charge is -2.31. The third kappa shape index (κ3) is 19.0. The number of hydroxylamine groups is 2. The number of aromatic amines is 2. The van der Waals surface area contributed by atoms with E-state index in [0.717, 1.165) is 45.7 Å². The van der Waals surface area contributed by atoms with Gasteiger partial charge in [-0.1, -0.05) is 95.3 Å². The van der Waals surface area contributed by atoms with Crippen molar-refractivity contribution in [2.24, 2.45) is 0 Å². The molecule has 0 bridgehead atoms. The normalized spacial score (nSPS) is 15.5. The van der Waals surface area contributed by atoms with Crippen LogP contribution in [0.4, 0.5) is 21.5 Å². The van der Waals surface area contributed by atoms with E-state index in [0.29, 0.717) is 48.0 Å². The lowest BCUT2D eigenvalue weighted by atomic mass is 10.0. The molecule has 92 heavy (non-hydrogen) atoms. The Balaban J connectivity index is 0.000000248. The minimum absolute atomic E-state index is 0.0496. The lowest BCUT2D eigenvalue weighted by Crippen LogP contribution is -2.51. The van der Waals surface area contributed by atoms with Crippen molar-refractivity contribution in [2.45, 2.75) is 163 Å². The molecule has 2 unspecified atom stereocenters. The number of hydrogen-bond donors (Lipinski definition) is 8. The summed E-state index contributed by atoms with van der Waals surface area (Å²) < 4.78 is 84.7. The zero-order valence-electron chi connectivity index (χ0n) is 53.1. The molecular formula is C64H84N10O16S2. The van der Waals surface area contributed by atoms with E-state index in [-0.39, 0.29) is 69.3 Å². The number of anilines is 2. The fraction of sp³-hybridized carbons (Fsp3) is 0.453. The van der Waals surface area contributed by atoms with Gasteiger partial charge in [0.1, 0.15) is 11.2 Å². The molecule has 0 radical (unpaired) electrons. The van der Waals surface area contributed by atoms with Gasteiger partial charge in [0.05, 0.1) is 103 Å². The summed E-state index contributed by atoms with van der Waals surface area (Å²) in [7, 11) is -4.27. The highest BCUT2D eigenvalue weighted by Gasteiger charge is 2.38. The van der Waals surface area contributed by atoms with Crippen molar-refractivity contribution in [3.8, 4) is 17.2 Å². The number of nitrogen functional groups attached to an aromatic ring is 1. The van der Waals surface area contributed by atoms with Gasteiger partial charge >= 0.3 is 12.2 Å². The van der Waals surface area contributed by atoms with Gasteiger partial charge in [-0.15, -0.1) is 0 Å². The number of hydrogen-bond acceptors (Lipinski definition) is 19. The van der Waals surface area contributed by atoms with E-state index in [4.69, 9.17) is 39.1 Å². The maximum atomic E-state index is 14.3. The van der Waals surface area contributed by atoms with E-state index in [9.17, 15) is 41.4 Å². The van der Waals surface area contributed by atoms with Gasteiger partial charge in [0, 0.05) is 5.56 Å². The predicted octanol–water partition coefficient (Wildman–Crippen LogP) is 8.71. The van der Waals surface area contributed by atoms with Gasteiger partial charge in [0.2, 0.25) is 11.7 Å². The van der Waals surface area contributed by atoms with Gasteiger partial charge in [-0.3, -0.25) is 19.8 Å². The van der Waals surface area contributed by atoms with Crippen molar-refractivity contribution in [3.05, 3.63) is 126 Å². The molecular weight excluding hydrogens is 1230 g/mol. The number of H-pyrrole nitrogens is 2. The minimum Gasteiger partial charge on any atom is -0.493 e. The molecule has 28 heteroatoms. The number of nitrogens with two attached hydrogens (primary N) is 1. The zero-order valence-corrected chi connectivity index (χ0v) is 54.8. The Morgan fingerprint density at radius 3 is 1.41 bits per heavy atom. The van der Waals surface area contributed by atoms with Crippen LogP contribution in [0.3, 0.4) is 0 Å². The zero-order chi connectivity index (χ0) is 66.5. The number of imidazole rings is 2. The monoisotopic (exact) mass is 1310 g/mol. The molecule has 498 valence electrons. The van der Waals surface area contributed by atoms with E-state index in [1.54, 1.807) is 47.6 Å². The first-order valence-corrected chi connectivity index (χ1v) is 33.2. The highest BCUT2D eigenvalue weighted by Crippen LogP contribution is 2.39. The second-order valence-electron chi connectivity index (χ2n) is 24.5. The fourth-order valence-electron chi connectivity index (χ4n) is 10.5. The van der Waals surface area contributed by atoms with Crippen LogP contribution in [0.1, 0.15) is 114 Å². The second-order valence-corrected chi connectivity index (χ2v) is 28.1. The molecule has 0 saturated heterocycles. The molecule has 7 aromatic rings. The number of benzene rings is 5. The van der Waals surface area contributed by atoms with Crippen LogP contribution in [0, 0.1) is 0 Å². The fourth-order valence-corrected chi connectivity index (χ4v) is 13.1. The number of methoxy groups -OCH3 is 3. The molecule has 5 aromatic carbocycles. The third-order valence-electron chi connectivity index (χ3n) is 15.0. The largest absolute Gasteiger partial charge is 0.493 e. The summed E-state index contributed by atoms with van der Waals surface area (Å²) in [6.45, 7) is 9.49. The topological polar surface area (TPSA) is 351 Å². The van der Waals surface area contributed by atoms with E-state index >= 15 is 0 Å². The average Bonchev–Trinajstić information content (AvgIpc) is 1.46. The van der Waals surface area contributed by atoms with Crippen LogP contribution >= 0.6 is 0 Å². The van der Waals surface area contributed by atoms with Crippen molar-refractivity contribution in [3.63, 3.8) is 0 Å². The van der Waals surface area contributed by atoms with Crippen molar-refractivity contribution in [2.75, 3.05) is 45.5 Å². The number of carbonyl (C=O) groups excluding carboxylic acids is 3. The standard InChI is InChI=1S/C37H47N5O10S.C27H37N5O6S/c1-37(2,3)51-36(45)40-29(18-23-12-8-7-9-13-23)30(43)22-42(52-25-14-10-11-15-25)53(46,47)26-16-17-27-28(21-26)39-35(38-27)41-34(44)24-19-31(48-4)33(50-6)32(20-24)49-5;1-27(2,3)37-26(34)31-23(15-18-9-5-4-6-10-18)24(33)17-32(38-19-11-7-8-12-19)39(35,36)20-13-14-21-22(16-20)30-25(28)29-21/h7-9,12-13,16-17,19-21,25,29-30,43H,10-11,14-15,18,22H2,1-6H3,(H,40,45)(H2,38,39,41,44);4-6,9-10,13-14,16,19,23-24,33H,7-8,11-12,15,17H2,1-3H3,(H,31,34)(H3,28,29,30)/t29-,30+;/m0./s1. The molecule has 0 spiro atoms. The second kappa shape index (κ2) is 30.6. The first-order valence-electron chi connectivity index (χ1n) is 30.3. The highest BCUT2D eigenvalue weighted by molar-refractivity contribution is 7.89. The Morgan fingerprint density at radius 1 is 0.598 bits per heavy atom. The number of aliphatic hydroxyl groups is 2. The summed E-state index contributed by atoms with van der Waals surface area (Å²) in [6.07, 6.45) is 1.91. The van der Waals surface area contributed by atoms with E-state index in [1.807, 2.05) is 60.7 Å². The number of aliphatic hydroxyl groups excluding tert-OH is 2. The first kappa shape index (κ1) is 69.8. The highest BCUT2D eigenvalue weighted by atomic mass is 32.2. The minimum atomic E-state index is -4.39. The number of ether oxygens (including phenoxy) is 5. The van der Waals surface area contributed by atoms with Crippen molar-refractivity contribution in [1.82, 2.24) is 39.5 Å². The van der Waals surface area contributed by atoms with Crippen LogP contribution in [0.15, 0.2) is 119 Å². The molecule has 2 aromatic heterocycles. The predicted molar refractivity (Wildman–Crippen MR) is 344 cm³/mol. The van der Waals surface area contributed by atoms with Crippen LogP contribution in [0.2, 0.25) is 0 Å². The van der Waals surface area contributed by atoms with Crippen molar-refractivity contribution in [1.29, 1.82) is 0 Å². The van der Waals surface area contributed by atoms with Gasteiger partial charge in [0.15, 0.2) is 17.4 Å². The quantitative estimate of drug-likeness (QED) is 0.0248. The first-order chi connectivity index (χ1) is 43.6. The Morgan fingerprint density at radius 2 is 1.01 bits per heavy atom. The van der Waals surface area contributed by atoms with Crippen LogP contribution < -0.4 is 35.9 Å². The Hall–Kier alpha value is -8.09. The number of alkyl carbamates (subject to hydrolysis) is 2. The molecule has 2 saturated carbocycles.